The minimum absolute atomic E-state index is 0.0776. The lowest BCUT2D eigenvalue weighted by Gasteiger charge is -2.23. The maximum Gasteiger partial charge on any atom is 0.252 e. The molecule has 6 heteroatoms. The highest BCUT2D eigenvalue weighted by atomic mass is 16.3. The second-order valence-electron chi connectivity index (χ2n) is 4.21. The number of carbonyl (C=O) groups excluding carboxylic acids is 1. The lowest BCUT2D eigenvalue weighted by Crippen LogP contribution is -2.33. The van der Waals surface area contributed by atoms with Crippen molar-refractivity contribution in [2.75, 3.05) is 18.1 Å². The first-order chi connectivity index (χ1) is 8.13. The van der Waals surface area contributed by atoms with E-state index in [1.807, 2.05) is 4.90 Å². The van der Waals surface area contributed by atoms with Crippen molar-refractivity contribution >= 4 is 11.9 Å². The van der Waals surface area contributed by atoms with E-state index in [9.17, 15) is 9.90 Å². The van der Waals surface area contributed by atoms with Crippen molar-refractivity contribution in [1.29, 1.82) is 0 Å². The van der Waals surface area contributed by atoms with Crippen molar-refractivity contribution < 1.29 is 9.90 Å². The largest absolute Gasteiger partial charge is 0.394 e. The van der Waals surface area contributed by atoms with Crippen LogP contribution in [0.5, 0.6) is 0 Å². The second kappa shape index (κ2) is 4.67. The minimum Gasteiger partial charge on any atom is -0.394 e. The molecule has 1 aliphatic rings. The summed E-state index contributed by atoms with van der Waals surface area (Å²) >= 11 is 0. The summed E-state index contributed by atoms with van der Waals surface area (Å²) in [7, 11) is 0. The van der Waals surface area contributed by atoms with Crippen molar-refractivity contribution in [2.24, 2.45) is 5.73 Å². The van der Waals surface area contributed by atoms with Gasteiger partial charge in [-0.2, -0.15) is 0 Å². The molecule has 92 valence electrons. The molecular formula is C11H16N4O2. The Bertz CT molecular complexity index is 435. The quantitative estimate of drug-likeness (QED) is 0.761. The number of nitrogens with zero attached hydrogens (tertiary/aromatic N) is 3. The summed E-state index contributed by atoms with van der Waals surface area (Å²) in [5, 5.41) is 9.24. The maximum absolute atomic E-state index is 11.1. The van der Waals surface area contributed by atoms with Crippen LogP contribution in [0, 0.1) is 6.92 Å². The van der Waals surface area contributed by atoms with Gasteiger partial charge in [-0.3, -0.25) is 4.79 Å². The lowest BCUT2D eigenvalue weighted by atomic mass is 10.2. The molecular weight excluding hydrogens is 220 g/mol. The molecule has 0 aliphatic carbocycles. The molecule has 0 spiro atoms. The third-order valence-electron chi connectivity index (χ3n) is 3.08. The van der Waals surface area contributed by atoms with E-state index in [-0.39, 0.29) is 12.6 Å². The molecule has 1 aliphatic heterocycles. The molecule has 1 fully saturated rings. The predicted molar refractivity (Wildman–Crippen MR) is 62.7 cm³/mol. The van der Waals surface area contributed by atoms with Gasteiger partial charge in [-0.05, 0) is 19.8 Å². The van der Waals surface area contributed by atoms with Crippen LogP contribution >= 0.6 is 0 Å². The average Bonchev–Trinajstić information content (AvgIpc) is 2.76. The van der Waals surface area contributed by atoms with Gasteiger partial charge in [0.25, 0.3) is 5.91 Å². The number of amides is 1. The summed E-state index contributed by atoms with van der Waals surface area (Å²) in [5.74, 6) is 0.0400. The zero-order valence-corrected chi connectivity index (χ0v) is 9.76. The maximum atomic E-state index is 11.1. The van der Waals surface area contributed by atoms with E-state index >= 15 is 0 Å². The molecule has 1 amide bonds. The van der Waals surface area contributed by atoms with E-state index in [4.69, 9.17) is 5.73 Å². The first kappa shape index (κ1) is 11.8. The number of hydrogen-bond acceptors (Lipinski definition) is 5. The smallest absolute Gasteiger partial charge is 0.252 e. The van der Waals surface area contributed by atoms with Crippen LogP contribution in [0.3, 0.4) is 0 Å². The Morgan fingerprint density at radius 2 is 2.47 bits per heavy atom. The highest BCUT2D eigenvalue weighted by molar-refractivity contribution is 5.93. The third kappa shape index (κ3) is 2.21. The summed E-state index contributed by atoms with van der Waals surface area (Å²) in [6.07, 6.45) is 3.41. The van der Waals surface area contributed by atoms with Gasteiger partial charge in [0.1, 0.15) is 0 Å². The van der Waals surface area contributed by atoms with Gasteiger partial charge in [0, 0.05) is 12.7 Å². The van der Waals surface area contributed by atoms with Crippen LogP contribution in [0.1, 0.15) is 28.9 Å². The molecule has 17 heavy (non-hydrogen) atoms. The first-order valence-corrected chi connectivity index (χ1v) is 5.64. The number of aliphatic hydroxyl groups is 1. The Morgan fingerprint density at radius 3 is 3.06 bits per heavy atom. The average molecular weight is 236 g/mol. The fourth-order valence-corrected chi connectivity index (χ4v) is 2.12. The Morgan fingerprint density at radius 1 is 1.71 bits per heavy atom. The zero-order valence-electron chi connectivity index (χ0n) is 9.76. The van der Waals surface area contributed by atoms with Gasteiger partial charge in [0.2, 0.25) is 5.95 Å². The van der Waals surface area contributed by atoms with E-state index in [1.165, 1.54) is 6.20 Å². The molecule has 6 nitrogen and oxygen atoms in total. The second-order valence-corrected chi connectivity index (χ2v) is 4.21. The fraction of sp³-hybridized carbons (Fsp3) is 0.545. The zero-order chi connectivity index (χ0) is 12.4. The molecule has 0 radical (unpaired) electrons. The Labute approximate surface area is 99.5 Å². The first-order valence-electron chi connectivity index (χ1n) is 5.64. The number of anilines is 1. The van der Waals surface area contributed by atoms with Crippen LogP contribution < -0.4 is 10.6 Å². The van der Waals surface area contributed by atoms with Crippen LogP contribution in [0.2, 0.25) is 0 Å². The van der Waals surface area contributed by atoms with E-state index in [0.29, 0.717) is 17.2 Å². The van der Waals surface area contributed by atoms with Crippen molar-refractivity contribution in [3.63, 3.8) is 0 Å². The predicted octanol–water partition coefficient (Wildman–Crippen LogP) is -0.155. The van der Waals surface area contributed by atoms with Crippen LogP contribution in [0.4, 0.5) is 5.95 Å². The Balaban J connectivity index is 2.28. The fourth-order valence-electron chi connectivity index (χ4n) is 2.12. The Kier molecular flexibility index (Phi) is 3.23. The van der Waals surface area contributed by atoms with E-state index in [1.54, 1.807) is 6.92 Å². The van der Waals surface area contributed by atoms with Crippen LogP contribution in [-0.2, 0) is 0 Å². The lowest BCUT2D eigenvalue weighted by molar-refractivity contribution is 0.0999. The molecule has 1 unspecified atom stereocenters. The number of rotatable bonds is 3. The topological polar surface area (TPSA) is 92.3 Å². The molecule has 1 atom stereocenters. The van der Waals surface area contributed by atoms with Crippen LogP contribution in [0.15, 0.2) is 6.20 Å². The molecule has 0 aromatic carbocycles. The number of primary amides is 1. The van der Waals surface area contributed by atoms with Gasteiger partial charge < -0.3 is 15.7 Å². The van der Waals surface area contributed by atoms with Gasteiger partial charge in [0.05, 0.1) is 23.9 Å². The molecule has 1 aromatic rings. The number of nitrogens with two attached hydrogens (primary N) is 1. The van der Waals surface area contributed by atoms with E-state index < -0.39 is 5.91 Å². The monoisotopic (exact) mass is 236 g/mol. The van der Waals surface area contributed by atoms with Gasteiger partial charge in [0.15, 0.2) is 0 Å². The number of aryl methyl sites for hydroxylation is 1. The molecule has 0 bridgehead atoms. The minimum atomic E-state index is -0.519. The summed E-state index contributed by atoms with van der Waals surface area (Å²) in [5.41, 5.74) is 6.12. The Hall–Kier alpha value is -1.69. The molecule has 1 aromatic heterocycles. The van der Waals surface area contributed by atoms with Gasteiger partial charge >= 0.3 is 0 Å². The van der Waals surface area contributed by atoms with Crippen molar-refractivity contribution in [3.05, 3.63) is 17.5 Å². The SMILES string of the molecule is Cc1nc(N2CCCC2CO)ncc1C(N)=O. The van der Waals surface area contributed by atoms with E-state index in [0.717, 1.165) is 19.4 Å². The molecule has 1 saturated heterocycles. The molecule has 2 rings (SSSR count). The third-order valence-corrected chi connectivity index (χ3v) is 3.08. The van der Waals surface area contributed by atoms with Gasteiger partial charge in [-0.25, -0.2) is 9.97 Å². The van der Waals surface area contributed by atoms with Gasteiger partial charge in [-0.1, -0.05) is 0 Å². The van der Waals surface area contributed by atoms with Crippen molar-refractivity contribution in [2.45, 2.75) is 25.8 Å². The molecule has 2 heterocycles. The summed E-state index contributed by atoms with van der Waals surface area (Å²) in [6.45, 7) is 2.66. The standard InChI is InChI=1S/C11H16N4O2/c1-7-9(10(12)17)5-13-11(14-7)15-4-2-3-8(15)6-16/h5,8,16H,2-4,6H2,1H3,(H2,12,17). The summed E-state index contributed by atoms with van der Waals surface area (Å²) in [6, 6.07) is 0.0776. The molecule has 3 N–H and O–H groups in total. The van der Waals surface area contributed by atoms with Gasteiger partial charge in [-0.15, -0.1) is 0 Å². The van der Waals surface area contributed by atoms with Crippen LogP contribution in [-0.4, -0.2) is 40.2 Å². The van der Waals surface area contributed by atoms with Crippen LogP contribution in [0.25, 0.3) is 0 Å². The highest BCUT2D eigenvalue weighted by Crippen LogP contribution is 2.22. The summed E-state index contributed by atoms with van der Waals surface area (Å²) < 4.78 is 0. The summed E-state index contributed by atoms with van der Waals surface area (Å²) in [4.78, 5) is 21.5. The number of aromatic nitrogens is 2. The normalized spacial score (nSPS) is 19.6. The van der Waals surface area contributed by atoms with Crippen molar-refractivity contribution in [3.8, 4) is 0 Å². The van der Waals surface area contributed by atoms with Crippen molar-refractivity contribution in [1.82, 2.24) is 9.97 Å². The highest BCUT2D eigenvalue weighted by Gasteiger charge is 2.26. The number of hydrogen-bond donors (Lipinski definition) is 2. The molecule has 0 saturated carbocycles. The number of carbonyl (C=O) groups is 1. The van der Waals surface area contributed by atoms with E-state index in [2.05, 4.69) is 9.97 Å². The number of aliphatic hydroxyl groups excluding tert-OH is 1.